The first-order valence-electron chi connectivity index (χ1n) is 8.23. The molecule has 4 nitrogen and oxygen atoms in total. The topological polar surface area (TPSA) is 40.6 Å². The summed E-state index contributed by atoms with van der Waals surface area (Å²) in [6, 6.07) is -0.146. The fraction of sp³-hybridized carbons (Fsp3) is 0.875. The SMILES string of the molecule is CC1CCC(CN2CC(=O)N3CCCCC3C2=O)CC1. The largest absolute Gasteiger partial charge is 0.331 e. The van der Waals surface area contributed by atoms with E-state index in [-0.39, 0.29) is 17.9 Å². The highest BCUT2D eigenvalue weighted by Gasteiger charge is 2.40. The highest BCUT2D eigenvalue weighted by Crippen LogP contribution is 2.30. The van der Waals surface area contributed by atoms with Crippen molar-refractivity contribution in [2.75, 3.05) is 19.6 Å². The Labute approximate surface area is 121 Å². The summed E-state index contributed by atoms with van der Waals surface area (Å²) in [5.41, 5.74) is 0. The van der Waals surface area contributed by atoms with Gasteiger partial charge in [-0.15, -0.1) is 0 Å². The molecule has 3 aliphatic rings. The second-order valence-corrected chi connectivity index (χ2v) is 6.94. The highest BCUT2D eigenvalue weighted by molar-refractivity contribution is 5.95. The molecule has 1 unspecified atom stereocenters. The summed E-state index contributed by atoms with van der Waals surface area (Å²) >= 11 is 0. The summed E-state index contributed by atoms with van der Waals surface area (Å²) in [4.78, 5) is 28.5. The van der Waals surface area contributed by atoms with Crippen LogP contribution >= 0.6 is 0 Å². The van der Waals surface area contributed by atoms with Crippen LogP contribution in [-0.2, 0) is 9.59 Å². The van der Waals surface area contributed by atoms with Gasteiger partial charge in [0.25, 0.3) is 0 Å². The first-order valence-corrected chi connectivity index (χ1v) is 8.23. The molecule has 0 radical (unpaired) electrons. The second kappa shape index (κ2) is 5.74. The average molecular weight is 278 g/mol. The molecule has 0 spiro atoms. The normalized spacial score (nSPS) is 35.1. The Morgan fingerprint density at radius 2 is 1.80 bits per heavy atom. The average Bonchev–Trinajstić information content (AvgIpc) is 2.47. The maximum absolute atomic E-state index is 12.6. The maximum atomic E-state index is 12.6. The summed E-state index contributed by atoms with van der Waals surface area (Å²) in [6.07, 6.45) is 7.97. The minimum absolute atomic E-state index is 0.146. The van der Waals surface area contributed by atoms with Gasteiger partial charge in [-0.25, -0.2) is 0 Å². The lowest BCUT2D eigenvalue weighted by Gasteiger charge is -2.44. The van der Waals surface area contributed by atoms with Crippen molar-refractivity contribution in [1.82, 2.24) is 9.80 Å². The molecule has 3 fully saturated rings. The van der Waals surface area contributed by atoms with Gasteiger partial charge in [0.15, 0.2) is 0 Å². The van der Waals surface area contributed by atoms with E-state index in [1.54, 1.807) is 0 Å². The molecule has 0 aromatic heterocycles. The Morgan fingerprint density at radius 1 is 1.05 bits per heavy atom. The molecule has 0 aromatic rings. The summed E-state index contributed by atoms with van der Waals surface area (Å²) in [5, 5.41) is 0. The molecule has 2 heterocycles. The van der Waals surface area contributed by atoms with Gasteiger partial charge < -0.3 is 9.80 Å². The number of rotatable bonds is 2. The lowest BCUT2D eigenvalue weighted by molar-refractivity contribution is -0.158. The van der Waals surface area contributed by atoms with E-state index in [1.165, 1.54) is 25.7 Å². The molecule has 1 saturated carbocycles. The number of piperidine rings is 1. The lowest BCUT2D eigenvalue weighted by Crippen LogP contribution is -2.61. The number of piperazine rings is 1. The third-order valence-electron chi connectivity index (χ3n) is 5.36. The van der Waals surface area contributed by atoms with Gasteiger partial charge >= 0.3 is 0 Å². The molecule has 2 saturated heterocycles. The van der Waals surface area contributed by atoms with E-state index in [0.29, 0.717) is 12.5 Å². The van der Waals surface area contributed by atoms with Crippen LogP contribution < -0.4 is 0 Å². The Bertz CT molecular complexity index is 388. The lowest BCUT2D eigenvalue weighted by atomic mass is 9.82. The molecule has 0 N–H and O–H groups in total. The fourth-order valence-electron chi connectivity index (χ4n) is 4.01. The van der Waals surface area contributed by atoms with Crippen LogP contribution in [0.5, 0.6) is 0 Å². The number of nitrogens with zero attached hydrogens (tertiary/aromatic N) is 2. The predicted octanol–water partition coefficient (Wildman–Crippen LogP) is 2.04. The van der Waals surface area contributed by atoms with Crippen molar-refractivity contribution in [3.63, 3.8) is 0 Å². The van der Waals surface area contributed by atoms with Crippen LogP contribution in [0, 0.1) is 11.8 Å². The van der Waals surface area contributed by atoms with Crippen LogP contribution in [-0.4, -0.2) is 47.3 Å². The Hall–Kier alpha value is -1.06. The zero-order valence-corrected chi connectivity index (χ0v) is 12.5. The van der Waals surface area contributed by atoms with Crippen LogP contribution in [0.3, 0.4) is 0 Å². The first-order chi connectivity index (χ1) is 9.65. The number of hydrogen-bond donors (Lipinski definition) is 0. The molecule has 2 aliphatic heterocycles. The first kappa shape index (κ1) is 13.9. The van der Waals surface area contributed by atoms with Gasteiger partial charge in [-0.05, 0) is 43.9 Å². The number of fused-ring (bicyclic) bond motifs is 1. The van der Waals surface area contributed by atoms with Crippen LogP contribution in [0.15, 0.2) is 0 Å². The van der Waals surface area contributed by atoms with Crippen LogP contribution in [0.2, 0.25) is 0 Å². The van der Waals surface area contributed by atoms with Gasteiger partial charge in [0, 0.05) is 13.1 Å². The van der Waals surface area contributed by atoms with E-state index in [1.807, 2.05) is 9.80 Å². The van der Waals surface area contributed by atoms with Crippen molar-refractivity contribution in [3.05, 3.63) is 0 Å². The number of hydrogen-bond acceptors (Lipinski definition) is 2. The Morgan fingerprint density at radius 3 is 2.55 bits per heavy atom. The molecular weight excluding hydrogens is 252 g/mol. The molecule has 0 aromatic carbocycles. The van der Waals surface area contributed by atoms with Crippen LogP contribution in [0.25, 0.3) is 0 Å². The number of amides is 2. The van der Waals surface area contributed by atoms with Gasteiger partial charge in [0.05, 0.1) is 6.54 Å². The zero-order chi connectivity index (χ0) is 14.1. The van der Waals surface area contributed by atoms with Crippen molar-refractivity contribution in [2.45, 2.75) is 57.9 Å². The van der Waals surface area contributed by atoms with E-state index < -0.39 is 0 Å². The summed E-state index contributed by atoms with van der Waals surface area (Å²) in [5.74, 6) is 1.82. The molecule has 112 valence electrons. The molecular formula is C16H26N2O2. The molecule has 1 aliphatic carbocycles. The van der Waals surface area contributed by atoms with Crippen LogP contribution in [0.1, 0.15) is 51.9 Å². The van der Waals surface area contributed by atoms with Crippen LogP contribution in [0.4, 0.5) is 0 Å². The molecule has 2 amide bonds. The van der Waals surface area contributed by atoms with Crippen molar-refractivity contribution >= 4 is 11.8 Å². The van der Waals surface area contributed by atoms with E-state index >= 15 is 0 Å². The van der Waals surface area contributed by atoms with E-state index in [2.05, 4.69) is 6.92 Å². The van der Waals surface area contributed by atoms with Gasteiger partial charge in [-0.3, -0.25) is 9.59 Å². The second-order valence-electron chi connectivity index (χ2n) is 6.94. The summed E-state index contributed by atoms with van der Waals surface area (Å²) < 4.78 is 0. The summed E-state index contributed by atoms with van der Waals surface area (Å²) in [7, 11) is 0. The third kappa shape index (κ3) is 2.70. The van der Waals surface area contributed by atoms with Gasteiger partial charge in [-0.1, -0.05) is 19.8 Å². The molecule has 0 bridgehead atoms. The van der Waals surface area contributed by atoms with E-state index in [9.17, 15) is 9.59 Å². The quantitative estimate of drug-likeness (QED) is 0.775. The van der Waals surface area contributed by atoms with E-state index in [0.717, 1.165) is 38.3 Å². The molecule has 3 rings (SSSR count). The number of carbonyl (C=O) groups excluding carboxylic acids is 2. The van der Waals surface area contributed by atoms with Gasteiger partial charge in [0.2, 0.25) is 11.8 Å². The minimum atomic E-state index is -0.146. The van der Waals surface area contributed by atoms with Crippen molar-refractivity contribution in [3.8, 4) is 0 Å². The molecule has 4 heteroatoms. The Balaban J connectivity index is 1.62. The molecule has 20 heavy (non-hydrogen) atoms. The van der Waals surface area contributed by atoms with Crippen molar-refractivity contribution < 1.29 is 9.59 Å². The minimum Gasteiger partial charge on any atom is -0.331 e. The standard InChI is InChI=1S/C16H26N2O2/c1-12-5-7-13(8-6-12)10-17-11-15(19)18-9-3-2-4-14(18)16(17)20/h12-14H,2-11H2,1H3. The highest BCUT2D eigenvalue weighted by atomic mass is 16.2. The van der Waals surface area contributed by atoms with E-state index in [4.69, 9.17) is 0 Å². The van der Waals surface area contributed by atoms with Crippen molar-refractivity contribution in [1.29, 1.82) is 0 Å². The summed E-state index contributed by atoms with van der Waals surface area (Å²) in [6.45, 7) is 4.22. The van der Waals surface area contributed by atoms with Gasteiger partial charge in [0.1, 0.15) is 6.04 Å². The Kier molecular flexibility index (Phi) is 3.99. The fourth-order valence-corrected chi connectivity index (χ4v) is 4.01. The monoisotopic (exact) mass is 278 g/mol. The zero-order valence-electron chi connectivity index (χ0n) is 12.5. The smallest absolute Gasteiger partial charge is 0.245 e. The van der Waals surface area contributed by atoms with Crippen molar-refractivity contribution in [2.24, 2.45) is 11.8 Å². The third-order valence-corrected chi connectivity index (χ3v) is 5.36. The number of carbonyl (C=O) groups is 2. The predicted molar refractivity (Wildman–Crippen MR) is 77.1 cm³/mol. The maximum Gasteiger partial charge on any atom is 0.245 e. The van der Waals surface area contributed by atoms with Gasteiger partial charge in [-0.2, -0.15) is 0 Å². The molecule has 1 atom stereocenters.